The molecule has 1 amide bonds. The number of likely N-dealkylation sites (tertiary alicyclic amines) is 1. The lowest BCUT2D eigenvalue weighted by Gasteiger charge is -2.18. The van der Waals surface area contributed by atoms with Gasteiger partial charge in [0.1, 0.15) is 0 Å². The van der Waals surface area contributed by atoms with Crippen molar-refractivity contribution in [1.29, 1.82) is 0 Å². The van der Waals surface area contributed by atoms with Gasteiger partial charge < -0.3 is 10.0 Å². The van der Waals surface area contributed by atoms with Crippen LogP contribution in [0.5, 0.6) is 0 Å². The molecule has 1 fully saturated rings. The molecule has 0 radical (unpaired) electrons. The third-order valence-corrected chi connectivity index (χ3v) is 4.73. The molecule has 0 aliphatic carbocycles. The molecule has 0 spiro atoms. The van der Waals surface area contributed by atoms with E-state index in [9.17, 15) is 9.59 Å². The van der Waals surface area contributed by atoms with Crippen LogP contribution in [0.1, 0.15) is 51.1 Å². The number of carboxylic acids is 1. The largest absolute Gasteiger partial charge is 0.478 e. The first-order chi connectivity index (χ1) is 11.6. The van der Waals surface area contributed by atoms with Gasteiger partial charge in [-0.1, -0.05) is 37.3 Å². The quantitative estimate of drug-likeness (QED) is 0.935. The molecular weight excluding hydrogens is 302 g/mol. The van der Waals surface area contributed by atoms with Crippen molar-refractivity contribution in [3.63, 3.8) is 0 Å². The zero-order chi connectivity index (χ0) is 17.1. The number of nitrogens with zero attached hydrogens (tertiary/aromatic N) is 1. The predicted molar refractivity (Wildman–Crippen MR) is 92.5 cm³/mol. The summed E-state index contributed by atoms with van der Waals surface area (Å²) < 4.78 is 0. The van der Waals surface area contributed by atoms with E-state index in [4.69, 9.17) is 5.11 Å². The van der Waals surface area contributed by atoms with E-state index in [2.05, 4.69) is 6.92 Å². The minimum Gasteiger partial charge on any atom is -0.478 e. The van der Waals surface area contributed by atoms with E-state index in [0.29, 0.717) is 12.1 Å². The van der Waals surface area contributed by atoms with Crippen molar-refractivity contribution in [2.24, 2.45) is 0 Å². The lowest BCUT2D eigenvalue weighted by molar-refractivity contribution is 0.0696. The molecule has 0 bridgehead atoms. The fourth-order valence-electron chi connectivity index (χ4n) is 3.32. The molecule has 1 aliphatic heterocycles. The summed E-state index contributed by atoms with van der Waals surface area (Å²) in [5.41, 5.74) is 3.26. The summed E-state index contributed by atoms with van der Waals surface area (Å²) in [4.78, 5) is 25.6. The molecule has 24 heavy (non-hydrogen) atoms. The highest BCUT2D eigenvalue weighted by molar-refractivity contribution is 5.96. The van der Waals surface area contributed by atoms with Crippen LogP contribution in [-0.4, -0.2) is 35.0 Å². The Hall–Kier alpha value is -2.62. The van der Waals surface area contributed by atoms with E-state index >= 15 is 0 Å². The Morgan fingerprint density at radius 3 is 2.50 bits per heavy atom. The minimum absolute atomic E-state index is 0.0945. The molecule has 0 aromatic heterocycles. The average Bonchev–Trinajstić information content (AvgIpc) is 3.11. The molecule has 4 heteroatoms. The fourth-order valence-corrected chi connectivity index (χ4v) is 3.32. The number of benzene rings is 2. The molecule has 4 nitrogen and oxygen atoms in total. The molecule has 124 valence electrons. The van der Waals surface area contributed by atoms with Crippen molar-refractivity contribution in [2.45, 2.75) is 25.7 Å². The molecule has 1 heterocycles. The monoisotopic (exact) mass is 323 g/mol. The van der Waals surface area contributed by atoms with E-state index in [1.165, 1.54) is 0 Å². The second-order valence-electron chi connectivity index (χ2n) is 6.17. The van der Waals surface area contributed by atoms with Gasteiger partial charge in [-0.2, -0.15) is 0 Å². The molecule has 0 saturated carbocycles. The highest BCUT2D eigenvalue weighted by Crippen LogP contribution is 2.29. The zero-order valence-corrected chi connectivity index (χ0v) is 13.7. The Morgan fingerprint density at radius 1 is 1.12 bits per heavy atom. The fraction of sp³-hybridized carbons (Fsp3) is 0.300. The SMILES string of the molecule is CCc1ccccc1C(=O)N1CCC(c2ccc(C(=O)O)cc2)C1. The van der Waals surface area contributed by atoms with Crippen LogP contribution in [0.4, 0.5) is 0 Å². The number of rotatable bonds is 4. The van der Waals surface area contributed by atoms with Gasteiger partial charge in [0.15, 0.2) is 0 Å². The van der Waals surface area contributed by atoms with Gasteiger partial charge in [0.25, 0.3) is 5.91 Å². The summed E-state index contributed by atoms with van der Waals surface area (Å²) in [7, 11) is 0. The van der Waals surface area contributed by atoms with Crippen LogP contribution in [0.15, 0.2) is 48.5 Å². The molecule has 3 rings (SSSR count). The maximum absolute atomic E-state index is 12.8. The first kappa shape index (κ1) is 16.2. The van der Waals surface area contributed by atoms with Crippen LogP contribution in [-0.2, 0) is 6.42 Å². The van der Waals surface area contributed by atoms with Crippen molar-refractivity contribution >= 4 is 11.9 Å². The third-order valence-electron chi connectivity index (χ3n) is 4.73. The first-order valence-corrected chi connectivity index (χ1v) is 8.30. The molecule has 2 aromatic rings. The number of hydrogen-bond donors (Lipinski definition) is 1. The summed E-state index contributed by atoms with van der Waals surface area (Å²) in [5, 5.41) is 8.98. The smallest absolute Gasteiger partial charge is 0.335 e. The lowest BCUT2D eigenvalue weighted by Crippen LogP contribution is -2.29. The van der Waals surface area contributed by atoms with Gasteiger partial charge in [-0.15, -0.1) is 0 Å². The number of aryl methyl sites for hydroxylation is 1. The van der Waals surface area contributed by atoms with Crippen LogP contribution in [0.2, 0.25) is 0 Å². The Morgan fingerprint density at radius 2 is 1.83 bits per heavy atom. The lowest BCUT2D eigenvalue weighted by atomic mass is 9.97. The maximum Gasteiger partial charge on any atom is 0.335 e. The second kappa shape index (κ2) is 6.87. The Kier molecular flexibility index (Phi) is 4.65. The van der Waals surface area contributed by atoms with E-state index in [-0.39, 0.29) is 11.8 Å². The molecule has 1 atom stereocenters. The van der Waals surface area contributed by atoms with Crippen molar-refractivity contribution in [1.82, 2.24) is 4.90 Å². The normalized spacial score (nSPS) is 17.0. The van der Waals surface area contributed by atoms with Crippen LogP contribution >= 0.6 is 0 Å². The average molecular weight is 323 g/mol. The number of aromatic carboxylic acids is 1. The maximum atomic E-state index is 12.8. The number of carboxylic acid groups (broad SMARTS) is 1. The standard InChI is InChI=1S/C20H21NO3/c1-2-14-5-3-4-6-18(14)19(22)21-12-11-17(13-21)15-7-9-16(10-8-15)20(23)24/h3-10,17H,2,11-13H2,1H3,(H,23,24). The van der Waals surface area contributed by atoms with Crippen molar-refractivity contribution in [3.8, 4) is 0 Å². The number of carbonyl (C=O) groups is 2. The molecule has 2 aromatic carbocycles. The van der Waals surface area contributed by atoms with E-state index < -0.39 is 5.97 Å². The summed E-state index contributed by atoms with van der Waals surface area (Å²) in [6.45, 7) is 3.48. The molecule has 1 saturated heterocycles. The van der Waals surface area contributed by atoms with E-state index in [1.54, 1.807) is 12.1 Å². The van der Waals surface area contributed by atoms with Gasteiger partial charge in [0.2, 0.25) is 0 Å². The summed E-state index contributed by atoms with van der Waals surface area (Å²) >= 11 is 0. The zero-order valence-electron chi connectivity index (χ0n) is 13.7. The van der Waals surface area contributed by atoms with Gasteiger partial charge in [0.05, 0.1) is 5.56 Å². The Labute approximate surface area is 141 Å². The van der Waals surface area contributed by atoms with Gasteiger partial charge >= 0.3 is 5.97 Å². The summed E-state index contributed by atoms with van der Waals surface area (Å²) in [6, 6.07) is 14.8. The highest BCUT2D eigenvalue weighted by Gasteiger charge is 2.28. The van der Waals surface area contributed by atoms with Crippen molar-refractivity contribution < 1.29 is 14.7 Å². The minimum atomic E-state index is -0.916. The summed E-state index contributed by atoms with van der Waals surface area (Å²) in [5.74, 6) is -0.552. The Balaban J connectivity index is 1.73. The van der Waals surface area contributed by atoms with E-state index in [0.717, 1.165) is 36.1 Å². The van der Waals surface area contributed by atoms with E-state index in [1.807, 2.05) is 41.3 Å². The van der Waals surface area contributed by atoms with Crippen LogP contribution in [0, 0.1) is 0 Å². The second-order valence-corrected chi connectivity index (χ2v) is 6.17. The third kappa shape index (κ3) is 3.18. The van der Waals surface area contributed by atoms with Crippen LogP contribution in [0.25, 0.3) is 0 Å². The first-order valence-electron chi connectivity index (χ1n) is 8.30. The molecular formula is C20H21NO3. The van der Waals surface area contributed by atoms with Gasteiger partial charge in [-0.05, 0) is 42.2 Å². The number of carbonyl (C=O) groups excluding carboxylic acids is 1. The number of hydrogen-bond acceptors (Lipinski definition) is 2. The molecule has 1 N–H and O–H groups in total. The van der Waals surface area contributed by atoms with Crippen LogP contribution in [0.3, 0.4) is 0 Å². The number of amides is 1. The van der Waals surface area contributed by atoms with Crippen LogP contribution < -0.4 is 0 Å². The van der Waals surface area contributed by atoms with Gasteiger partial charge in [-0.25, -0.2) is 4.79 Å². The van der Waals surface area contributed by atoms with Gasteiger partial charge in [0, 0.05) is 24.6 Å². The Bertz CT molecular complexity index is 752. The van der Waals surface area contributed by atoms with Gasteiger partial charge in [-0.3, -0.25) is 4.79 Å². The predicted octanol–water partition coefficient (Wildman–Crippen LogP) is 3.58. The van der Waals surface area contributed by atoms with Crippen molar-refractivity contribution in [3.05, 3.63) is 70.8 Å². The topological polar surface area (TPSA) is 57.6 Å². The summed E-state index contributed by atoms with van der Waals surface area (Å²) in [6.07, 6.45) is 1.75. The molecule has 1 unspecified atom stereocenters. The molecule has 1 aliphatic rings. The van der Waals surface area contributed by atoms with Crippen molar-refractivity contribution in [2.75, 3.05) is 13.1 Å². The highest BCUT2D eigenvalue weighted by atomic mass is 16.4.